The number of guanidine groups is 1. The number of benzene rings is 1. The molecule has 3 aliphatic rings. The van der Waals surface area contributed by atoms with Crippen LogP contribution in [0, 0.1) is 0 Å². The lowest BCUT2D eigenvalue weighted by atomic mass is 9.84. The summed E-state index contributed by atoms with van der Waals surface area (Å²) in [4.78, 5) is 14.3. The maximum atomic E-state index is 6.18. The molecule has 5 rings (SSSR count). The van der Waals surface area contributed by atoms with Gasteiger partial charge in [0.1, 0.15) is 6.04 Å². The van der Waals surface area contributed by atoms with Crippen molar-refractivity contribution >= 4 is 45.7 Å². The fraction of sp³-hybridized carbons (Fsp3) is 0.364. The van der Waals surface area contributed by atoms with Crippen molar-refractivity contribution in [2.45, 2.75) is 18.9 Å². The van der Waals surface area contributed by atoms with Gasteiger partial charge in [0, 0.05) is 36.2 Å². The summed E-state index contributed by atoms with van der Waals surface area (Å²) in [5.74, 6) is 0.450. The molecular formula is C22H26BrClN6. The molecule has 3 heterocycles. The Morgan fingerprint density at radius 3 is 2.63 bits per heavy atom. The molecule has 2 aliphatic heterocycles. The minimum Gasteiger partial charge on any atom is -0.370 e. The van der Waals surface area contributed by atoms with E-state index in [9.17, 15) is 0 Å². The van der Waals surface area contributed by atoms with E-state index in [2.05, 4.69) is 68.4 Å². The number of nitrogens with zero attached hydrogens (tertiary/aromatic N) is 4. The van der Waals surface area contributed by atoms with Crippen LogP contribution >= 0.6 is 28.3 Å². The molecule has 0 spiro atoms. The highest BCUT2D eigenvalue weighted by Gasteiger charge is 2.30. The summed E-state index contributed by atoms with van der Waals surface area (Å²) in [5.41, 5.74) is 13.2. The molecule has 1 atom stereocenters. The van der Waals surface area contributed by atoms with E-state index in [-0.39, 0.29) is 18.4 Å². The average molecular weight is 490 g/mol. The van der Waals surface area contributed by atoms with Crippen molar-refractivity contribution in [3.8, 4) is 0 Å². The Labute approximate surface area is 191 Å². The fourth-order valence-corrected chi connectivity index (χ4v) is 4.78. The molecule has 8 heteroatoms. The van der Waals surface area contributed by atoms with Gasteiger partial charge in [0.15, 0.2) is 5.96 Å². The first-order chi connectivity index (χ1) is 14.1. The van der Waals surface area contributed by atoms with Crippen molar-refractivity contribution in [3.05, 3.63) is 63.4 Å². The van der Waals surface area contributed by atoms with Gasteiger partial charge < -0.3 is 20.9 Å². The Balaban J connectivity index is 0.00000218. The number of nitrogens with one attached hydrogen (secondary N) is 1. The number of hydrogen-bond donors (Lipinski definition) is 2. The standard InChI is InChI=1S/C22H25BrN6.ClH/c1-28-8-10-29(11-9-28)16-5-7-19(25-13-16)21-17-6-3-14-2-4-15(23)12-18(14)20(17)26-22(24)27-21;/h2,4-5,7,12-13,21H,3,6,8-11H2,1H3,(H3,24,26,27);1H. The van der Waals surface area contributed by atoms with E-state index in [0.29, 0.717) is 5.96 Å². The van der Waals surface area contributed by atoms with Crippen molar-refractivity contribution in [2.75, 3.05) is 38.1 Å². The molecule has 2 aromatic rings. The van der Waals surface area contributed by atoms with E-state index < -0.39 is 0 Å². The van der Waals surface area contributed by atoms with Crippen molar-refractivity contribution in [1.29, 1.82) is 0 Å². The van der Waals surface area contributed by atoms with Gasteiger partial charge in [-0.1, -0.05) is 22.0 Å². The van der Waals surface area contributed by atoms with Crippen LogP contribution in [0.3, 0.4) is 0 Å². The number of aliphatic imine (C=N–C) groups is 1. The van der Waals surface area contributed by atoms with Gasteiger partial charge in [0.05, 0.1) is 23.3 Å². The molecule has 0 radical (unpaired) electrons. The fourth-order valence-electron chi connectivity index (χ4n) is 4.42. The number of pyridine rings is 1. The number of likely N-dealkylation sites (N-methyl/N-ethyl adjacent to an activating group) is 1. The van der Waals surface area contributed by atoms with Crippen molar-refractivity contribution in [2.24, 2.45) is 10.7 Å². The highest BCUT2D eigenvalue weighted by atomic mass is 79.9. The average Bonchev–Trinajstić information content (AvgIpc) is 2.74. The molecular weight excluding hydrogens is 464 g/mol. The zero-order valence-corrected chi connectivity index (χ0v) is 19.3. The predicted molar refractivity (Wildman–Crippen MR) is 128 cm³/mol. The SMILES string of the molecule is CN1CCN(c2ccc(C3N=C(N)NC4=C3CCc3ccc(Br)cc34)nc2)CC1.Cl. The second-order valence-electron chi connectivity index (χ2n) is 7.98. The molecule has 0 bridgehead atoms. The second-order valence-corrected chi connectivity index (χ2v) is 8.89. The molecule has 3 N–H and O–H groups in total. The van der Waals surface area contributed by atoms with Crippen LogP contribution in [0.2, 0.25) is 0 Å². The van der Waals surface area contributed by atoms with Crippen LogP contribution < -0.4 is 16.0 Å². The van der Waals surface area contributed by atoms with Crippen LogP contribution in [0.1, 0.15) is 29.3 Å². The summed E-state index contributed by atoms with van der Waals surface area (Å²) in [7, 11) is 2.17. The van der Waals surface area contributed by atoms with Crippen LogP contribution in [-0.4, -0.2) is 49.1 Å². The molecule has 158 valence electrons. The maximum absolute atomic E-state index is 6.18. The van der Waals surface area contributed by atoms with Gasteiger partial charge in [-0.2, -0.15) is 0 Å². The Bertz CT molecular complexity index is 995. The minimum absolute atomic E-state index is 0. The summed E-state index contributed by atoms with van der Waals surface area (Å²) >= 11 is 3.60. The number of hydrogen-bond acceptors (Lipinski definition) is 6. The van der Waals surface area contributed by atoms with Gasteiger partial charge in [-0.3, -0.25) is 4.98 Å². The summed E-state index contributed by atoms with van der Waals surface area (Å²) in [6, 6.07) is 10.6. The first kappa shape index (κ1) is 21.2. The number of nitrogens with two attached hydrogens (primary N) is 1. The predicted octanol–water partition coefficient (Wildman–Crippen LogP) is 3.33. The molecule has 1 fully saturated rings. The number of aromatic nitrogens is 1. The summed E-state index contributed by atoms with van der Waals surface area (Å²) in [6.07, 6.45) is 3.96. The lowest BCUT2D eigenvalue weighted by Gasteiger charge is -2.34. The molecule has 1 saturated heterocycles. The number of piperazine rings is 1. The quantitative estimate of drug-likeness (QED) is 0.677. The lowest BCUT2D eigenvalue weighted by molar-refractivity contribution is 0.313. The monoisotopic (exact) mass is 488 g/mol. The normalized spacial score (nSPS) is 21.2. The van der Waals surface area contributed by atoms with Crippen LogP contribution in [0.25, 0.3) is 5.70 Å². The van der Waals surface area contributed by atoms with E-state index in [1.807, 2.05) is 6.20 Å². The molecule has 0 saturated carbocycles. The van der Waals surface area contributed by atoms with E-state index >= 15 is 0 Å². The Morgan fingerprint density at radius 1 is 1.10 bits per heavy atom. The highest BCUT2D eigenvalue weighted by molar-refractivity contribution is 9.10. The summed E-state index contributed by atoms with van der Waals surface area (Å²) < 4.78 is 1.07. The van der Waals surface area contributed by atoms with Gasteiger partial charge in [0.2, 0.25) is 0 Å². The molecule has 1 aliphatic carbocycles. The third-order valence-electron chi connectivity index (χ3n) is 6.10. The second kappa shape index (κ2) is 8.57. The van der Waals surface area contributed by atoms with E-state index in [4.69, 9.17) is 15.7 Å². The summed E-state index contributed by atoms with van der Waals surface area (Å²) in [5, 5.41) is 3.31. The first-order valence-corrected chi connectivity index (χ1v) is 10.9. The van der Waals surface area contributed by atoms with Gasteiger partial charge in [0.25, 0.3) is 0 Å². The summed E-state index contributed by atoms with van der Waals surface area (Å²) in [6.45, 7) is 4.25. The number of anilines is 1. The Kier molecular flexibility index (Phi) is 6.04. The zero-order chi connectivity index (χ0) is 20.0. The number of rotatable bonds is 2. The maximum Gasteiger partial charge on any atom is 0.194 e. The smallest absolute Gasteiger partial charge is 0.194 e. The third-order valence-corrected chi connectivity index (χ3v) is 6.59. The minimum atomic E-state index is -0.125. The van der Waals surface area contributed by atoms with Gasteiger partial charge in [-0.25, -0.2) is 4.99 Å². The first-order valence-electron chi connectivity index (χ1n) is 10.1. The van der Waals surface area contributed by atoms with Crippen molar-refractivity contribution in [3.63, 3.8) is 0 Å². The van der Waals surface area contributed by atoms with E-state index in [1.54, 1.807) is 0 Å². The van der Waals surface area contributed by atoms with E-state index in [0.717, 1.165) is 54.9 Å². The Hall–Kier alpha value is -2.09. The van der Waals surface area contributed by atoms with Crippen molar-refractivity contribution in [1.82, 2.24) is 15.2 Å². The number of halogens is 2. The van der Waals surface area contributed by atoms with E-state index in [1.165, 1.54) is 22.4 Å². The van der Waals surface area contributed by atoms with Crippen molar-refractivity contribution < 1.29 is 0 Å². The third kappa shape index (κ3) is 3.94. The van der Waals surface area contributed by atoms with Gasteiger partial charge >= 0.3 is 0 Å². The molecule has 1 aromatic heterocycles. The topological polar surface area (TPSA) is 69.8 Å². The molecule has 1 aromatic carbocycles. The molecule has 6 nitrogen and oxygen atoms in total. The lowest BCUT2D eigenvalue weighted by Crippen LogP contribution is -2.44. The van der Waals surface area contributed by atoms with Gasteiger partial charge in [-0.15, -0.1) is 12.4 Å². The largest absolute Gasteiger partial charge is 0.370 e. The Morgan fingerprint density at radius 2 is 1.90 bits per heavy atom. The number of fused-ring (bicyclic) bond motifs is 2. The zero-order valence-electron chi connectivity index (χ0n) is 16.9. The molecule has 30 heavy (non-hydrogen) atoms. The van der Waals surface area contributed by atoms with Gasteiger partial charge in [-0.05, 0) is 55.3 Å². The highest BCUT2D eigenvalue weighted by Crippen LogP contribution is 2.40. The number of aryl methyl sites for hydroxylation is 1. The van der Waals surface area contributed by atoms with Crippen LogP contribution in [-0.2, 0) is 6.42 Å². The molecule has 1 unspecified atom stereocenters. The van der Waals surface area contributed by atoms with Crippen LogP contribution in [0.5, 0.6) is 0 Å². The molecule has 0 amide bonds. The van der Waals surface area contributed by atoms with Crippen LogP contribution in [0.15, 0.2) is 51.6 Å². The van der Waals surface area contributed by atoms with Crippen LogP contribution in [0.4, 0.5) is 5.69 Å².